The van der Waals surface area contributed by atoms with E-state index in [0.717, 1.165) is 31.2 Å². The van der Waals surface area contributed by atoms with Gasteiger partial charge in [-0.15, -0.1) is 0 Å². The van der Waals surface area contributed by atoms with E-state index in [1.54, 1.807) is 25.3 Å². The van der Waals surface area contributed by atoms with Crippen molar-refractivity contribution in [3.8, 4) is 17.2 Å². The molecule has 29 heavy (non-hydrogen) atoms. The second-order valence-corrected chi connectivity index (χ2v) is 7.54. The first-order valence-electron chi connectivity index (χ1n) is 10.0. The van der Waals surface area contributed by atoms with Crippen molar-refractivity contribution in [3.63, 3.8) is 0 Å². The second kappa shape index (κ2) is 8.11. The van der Waals surface area contributed by atoms with Gasteiger partial charge < -0.3 is 14.2 Å². The molecule has 2 aliphatic rings. The van der Waals surface area contributed by atoms with E-state index in [-0.39, 0.29) is 23.4 Å². The van der Waals surface area contributed by atoms with Gasteiger partial charge in [-0.25, -0.2) is 0 Å². The van der Waals surface area contributed by atoms with Crippen LogP contribution >= 0.6 is 0 Å². The number of fused-ring (bicyclic) bond motifs is 1. The second-order valence-electron chi connectivity index (χ2n) is 7.54. The van der Waals surface area contributed by atoms with Gasteiger partial charge in [-0.3, -0.25) is 9.59 Å². The van der Waals surface area contributed by atoms with Gasteiger partial charge in [-0.1, -0.05) is 31.4 Å². The highest BCUT2D eigenvalue weighted by Gasteiger charge is 2.31. The molecule has 0 amide bonds. The lowest BCUT2D eigenvalue weighted by molar-refractivity contribution is -0.140. The van der Waals surface area contributed by atoms with Crippen LogP contribution in [0.25, 0.3) is 6.08 Å². The van der Waals surface area contributed by atoms with Crippen LogP contribution in [0.3, 0.4) is 0 Å². The minimum atomic E-state index is -0.191. The Morgan fingerprint density at radius 1 is 1.14 bits per heavy atom. The van der Waals surface area contributed by atoms with Crippen LogP contribution in [0.4, 0.5) is 0 Å². The smallest absolute Gasteiger partial charge is 0.314 e. The third kappa shape index (κ3) is 3.90. The average molecular weight is 392 g/mol. The zero-order valence-electron chi connectivity index (χ0n) is 16.7. The molecule has 1 heterocycles. The summed E-state index contributed by atoms with van der Waals surface area (Å²) in [5, 5.41) is 0. The van der Waals surface area contributed by atoms with E-state index in [2.05, 4.69) is 0 Å². The topological polar surface area (TPSA) is 61.8 Å². The molecule has 150 valence electrons. The summed E-state index contributed by atoms with van der Waals surface area (Å²) in [6.45, 7) is 1.81. The third-order valence-corrected chi connectivity index (χ3v) is 5.58. The monoisotopic (exact) mass is 392 g/mol. The molecule has 1 fully saturated rings. The number of allylic oxidation sites excluding steroid dienone is 1. The van der Waals surface area contributed by atoms with E-state index in [4.69, 9.17) is 14.2 Å². The molecule has 0 saturated heterocycles. The molecule has 2 aromatic rings. The number of carbonyl (C=O) groups is 2. The minimum Gasteiger partial charge on any atom is -0.497 e. The van der Waals surface area contributed by atoms with Gasteiger partial charge in [-0.05, 0) is 55.7 Å². The number of ketones is 1. The molecule has 0 atom stereocenters. The van der Waals surface area contributed by atoms with Crippen molar-refractivity contribution in [2.45, 2.75) is 39.0 Å². The third-order valence-electron chi connectivity index (χ3n) is 5.58. The minimum absolute atomic E-state index is 0.0394. The molecule has 1 aliphatic carbocycles. The number of hydrogen-bond acceptors (Lipinski definition) is 5. The van der Waals surface area contributed by atoms with Crippen molar-refractivity contribution in [1.29, 1.82) is 0 Å². The van der Waals surface area contributed by atoms with Crippen LogP contribution in [0.15, 0.2) is 42.2 Å². The Labute approximate surface area is 170 Å². The molecule has 5 heteroatoms. The van der Waals surface area contributed by atoms with E-state index in [9.17, 15) is 9.59 Å². The molecule has 0 N–H and O–H groups in total. The molecular formula is C24H24O5. The molecule has 1 aliphatic heterocycles. The lowest BCUT2D eigenvalue weighted by Crippen LogP contribution is -2.23. The normalized spacial score (nSPS) is 17.7. The lowest BCUT2D eigenvalue weighted by Gasteiger charge is -2.20. The Hall–Kier alpha value is -3.08. The Kier molecular flexibility index (Phi) is 5.38. The van der Waals surface area contributed by atoms with E-state index >= 15 is 0 Å². The maximum atomic E-state index is 12.8. The van der Waals surface area contributed by atoms with Gasteiger partial charge in [0.05, 0.1) is 18.6 Å². The maximum absolute atomic E-state index is 12.8. The van der Waals surface area contributed by atoms with Crippen molar-refractivity contribution in [1.82, 2.24) is 0 Å². The molecule has 0 bridgehead atoms. The molecule has 0 radical (unpaired) electrons. The summed E-state index contributed by atoms with van der Waals surface area (Å²) in [7, 11) is 1.60. The maximum Gasteiger partial charge on any atom is 0.314 e. The number of benzene rings is 2. The SMILES string of the molecule is COc1cccc(/C=C2\Oc3c(ccc(OC(=O)C4CCCCC4)c3C)C2=O)c1. The molecule has 2 aromatic carbocycles. The molecule has 5 nitrogen and oxygen atoms in total. The van der Waals surface area contributed by atoms with Gasteiger partial charge in [-0.2, -0.15) is 0 Å². The van der Waals surface area contributed by atoms with Gasteiger partial charge in [0.2, 0.25) is 5.78 Å². The van der Waals surface area contributed by atoms with Crippen molar-refractivity contribution in [2.24, 2.45) is 5.92 Å². The molecule has 0 aromatic heterocycles. The van der Waals surface area contributed by atoms with Crippen molar-refractivity contribution in [2.75, 3.05) is 7.11 Å². The molecular weight excluding hydrogens is 368 g/mol. The van der Waals surface area contributed by atoms with E-state index in [1.165, 1.54) is 6.42 Å². The van der Waals surface area contributed by atoms with Crippen LogP contribution in [0.5, 0.6) is 17.2 Å². The molecule has 1 saturated carbocycles. The molecule has 0 spiro atoms. The summed E-state index contributed by atoms with van der Waals surface area (Å²) in [6, 6.07) is 10.7. The summed E-state index contributed by atoms with van der Waals surface area (Å²) >= 11 is 0. The standard InChI is InChI=1S/C24H24O5/c1-15-20(29-24(26)17-8-4-3-5-9-17)12-11-19-22(25)21(28-23(15)19)14-16-7-6-10-18(13-16)27-2/h6-7,10-14,17H,3-5,8-9H2,1-2H3/b21-14-. The van der Waals surface area contributed by atoms with Gasteiger partial charge in [0.1, 0.15) is 17.2 Å². The Balaban J connectivity index is 1.56. The Morgan fingerprint density at radius 2 is 1.93 bits per heavy atom. The Morgan fingerprint density at radius 3 is 2.69 bits per heavy atom. The summed E-state index contributed by atoms with van der Waals surface area (Å²) in [5.74, 6) is 1.44. The largest absolute Gasteiger partial charge is 0.497 e. The van der Waals surface area contributed by atoms with Crippen molar-refractivity contribution < 1.29 is 23.8 Å². The summed E-state index contributed by atoms with van der Waals surface area (Å²) in [5.41, 5.74) is 1.95. The van der Waals surface area contributed by atoms with Gasteiger partial charge in [0, 0.05) is 5.56 Å². The highest BCUT2D eigenvalue weighted by atomic mass is 16.5. The van der Waals surface area contributed by atoms with Crippen LogP contribution in [0, 0.1) is 12.8 Å². The first-order valence-corrected chi connectivity index (χ1v) is 10.0. The van der Waals surface area contributed by atoms with Gasteiger partial charge in [0.25, 0.3) is 0 Å². The number of esters is 1. The lowest BCUT2D eigenvalue weighted by atomic mass is 9.89. The quantitative estimate of drug-likeness (QED) is 0.411. The number of methoxy groups -OCH3 is 1. The van der Waals surface area contributed by atoms with Crippen LogP contribution < -0.4 is 14.2 Å². The fourth-order valence-electron chi connectivity index (χ4n) is 3.89. The number of hydrogen-bond donors (Lipinski definition) is 0. The van der Waals surface area contributed by atoms with E-state index in [1.807, 2.05) is 31.2 Å². The van der Waals surface area contributed by atoms with Crippen LogP contribution in [0.1, 0.15) is 53.6 Å². The Bertz CT molecular complexity index is 983. The average Bonchev–Trinajstić information content (AvgIpc) is 3.07. The van der Waals surface area contributed by atoms with Crippen LogP contribution in [0.2, 0.25) is 0 Å². The summed E-state index contributed by atoms with van der Waals surface area (Å²) in [4.78, 5) is 25.3. The summed E-state index contributed by atoms with van der Waals surface area (Å²) in [6.07, 6.45) is 6.77. The predicted molar refractivity (Wildman–Crippen MR) is 109 cm³/mol. The van der Waals surface area contributed by atoms with Crippen LogP contribution in [-0.4, -0.2) is 18.9 Å². The predicted octanol–water partition coefficient (Wildman–Crippen LogP) is 5.11. The first kappa shape index (κ1) is 19.2. The fourth-order valence-corrected chi connectivity index (χ4v) is 3.89. The van der Waals surface area contributed by atoms with E-state index < -0.39 is 0 Å². The summed E-state index contributed by atoms with van der Waals surface area (Å²) < 4.78 is 16.8. The number of Topliss-reactive ketones (excluding diaryl/α,β-unsaturated/α-hetero) is 1. The van der Waals surface area contributed by atoms with E-state index in [0.29, 0.717) is 28.4 Å². The van der Waals surface area contributed by atoms with Crippen molar-refractivity contribution >= 4 is 17.8 Å². The van der Waals surface area contributed by atoms with Gasteiger partial charge in [0.15, 0.2) is 5.76 Å². The number of rotatable bonds is 4. The fraction of sp³-hybridized carbons (Fsp3) is 0.333. The zero-order chi connectivity index (χ0) is 20.4. The number of ether oxygens (including phenoxy) is 3. The number of carbonyl (C=O) groups excluding carboxylic acids is 2. The molecule has 4 rings (SSSR count). The first-order chi connectivity index (χ1) is 14.1. The highest BCUT2D eigenvalue weighted by molar-refractivity contribution is 6.15. The van der Waals surface area contributed by atoms with Crippen LogP contribution in [-0.2, 0) is 4.79 Å². The van der Waals surface area contributed by atoms with Crippen molar-refractivity contribution in [3.05, 3.63) is 58.8 Å². The van der Waals surface area contributed by atoms with Gasteiger partial charge >= 0.3 is 5.97 Å². The highest BCUT2D eigenvalue weighted by Crippen LogP contribution is 2.40. The molecule has 0 unspecified atom stereocenters. The zero-order valence-corrected chi connectivity index (χ0v) is 16.7.